The summed E-state index contributed by atoms with van der Waals surface area (Å²) in [5.74, 6) is 2.26. The molecule has 2 aliphatic rings. The molecule has 1 aromatic rings. The molecule has 3 rings (SSSR count). The zero-order valence-electron chi connectivity index (χ0n) is 12.1. The molecule has 110 valence electrons. The van der Waals surface area contributed by atoms with E-state index >= 15 is 0 Å². The maximum Gasteiger partial charge on any atom is 0.166 e. The summed E-state index contributed by atoms with van der Waals surface area (Å²) in [4.78, 5) is 0. The first kappa shape index (κ1) is 14.0. The molecule has 0 radical (unpaired) electrons. The molecule has 0 amide bonds. The van der Waals surface area contributed by atoms with Gasteiger partial charge < -0.3 is 15.2 Å². The predicted molar refractivity (Wildman–Crippen MR) is 80.8 cm³/mol. The highest BCUT2D eigenvalue weighted by atomic mass is 35.5. The summed E-state index contributed by atoms with van der Waals surface area (Å²) >= 11 is 6.47. The van der Waals surface area contributed by atoms with Gasteiger partial charge in [0.2, 0.25) is 0 Å². The Hall–Kier alpha value is -0.930. The molecule has 2 N–H and O–H groups in total. The molecule has 0 aromatic heterocycles. The van der Waals surface area contributed by atoms with E-state index in [2.05, 4.69) is 0 Å². The Labute approximate surface area is 125 Å². The molecule has 1 unspecified atom stereocenters. The first-order valence-electron chi connectivity index (χ1n) is 7.34. The van der Waals surface area contributed by atoms with E-state index in [0.29, 0.717) is 5.92 Å². The number of hydrogen-bond donors (Lipinski definition) is 1. The molecule has 4 heteroatoms. The number of methoxy groups -OCH3 is 1. The van der Waals surface area contributed by atoms with Gasteiger partial charge in [-0.05, 0) is 50.7 Å². The summed E-state index contributed by atoms with van der Waals surface area (Å²) in [5.41, 5.74) is 7.22. The third-order valence-electron chi connectivity index (χ3n) is 4.61. The summed E-state index contributed by atoms with van der Waals surface area (Å²) in [6.07, 6.45) is 4.65. The molecule has 2 aliphatic carbocycles. The quantitative estimate of drug-likeness (QED) is 0.873. The summed E-state index contributed by atoms with van der Waals surface area (Å²) in [6.45, 7) is 2.80. The van der Waals surface area contributed by atoms with Crippen molar-refractivity contribution in [3.8, 4) is 11.5 Å². The van der Waals surface area contributed by atoms with Crippen molar-refractivity contribution in [3.05, 3.63) is 22.7 Å². The fourth-order valence-electron chi connectivity index (χ4n) is 2.86. The van der Waals surface area contributed by atoms with E-state index in [4.69, 9.17) is 26.8 Å². The van der Waals surface area contributed by atoms with Crippen molar-refractivity contribution in [3.63, 3.8) is 0 Å². The molecule has 1 atom stereocenters. The minimum atomic E-state index is -0.0372. The van der Waals surface area contributed by atoms with Gasteiger partial charge in [-0.3, -0.25) is 0 Å². The Morgan fingerprint density at radius 3 is 2.60 bits per heavy atom. The Kier molecular flexibility index (Phi) is 3.59. The molecule has 20 heavy (non-hydrogen) atoms. The van der Waals surface area contributed by atoms with Crippen LogP contribution in [0.2, 0.25) is 5.02 Å². The van der Waals surface area contributed by atoms with Gasteiger partial charge in [0.1, 0.15) is 0 Å². The van der Waals surface area contributed by atoms with Gasteiger partial charge in [-0.2, -0.15) is 0 Å². The van der Waals surface area contributed by atoms with Crippen LogP contribution in [0.3, 0.4) is 0 Å². The molecule has 0 aliphatic heterocycles. The lowest BCUT2D eigenvalue weighted by Crippen LogP contribution is -2.32. The van der Waals surface area contributed by atoms with Crippen LogP contribution >= 0.6 is 11.6 Å². The second kappa shape index (κ2) is 5.12. The second-order valence-electron chi connectivity index (χ2n) is 6.15. The molecule has 0 bridgehead atoms. The molecule has 3 nitrogen and oxygen atoms in total. The van der Waals surface area contributed by atoms with Crippen molar-refractivity contribution in [1.29, 1.82) is 0 Å². The number of hydrogen-bond acceptors (Lipinski definition) is 3. The van der Waals surface area contributed by atoms with E-state index in [0.717, 1.165) is 41.5 Å². The normalized spacial score (nSPS) is 21.4. The topological polar surface area (TPSA) is 44.5 Å². The Morgan fingerprint density at radius 1 is 1.40 bits per heavy atom. The van der Waals surface area contributed by atoms with Crippen molar-refractivity contribution >= 4 is 11.6 Å². The first-order valence-corrected chi connectivity index (χ1v) is 7.71. The van der Waals surface area contributed by atoms with Gasteiger partial charge in [0, 0.05) is 22.0 Å². The van der Waals surface area contributed by atoms with Gasteiger partial charge in [-0.15, -0.1) is 0 Å². The zero-order valence-corrected chi connectivity index (χ0v) is 12.9. The molecule has 1 aromatic carbocycles. The van der Waals surface area contributed by atoms with Crippen molar-refractivity contribution in [1.82, 2.24) is 0 Å². The van der Waals surface area contributed by atoms with Gasteiger partial charge in [-0.25, -0.2) is 0 Å². The van der Waals surface area contributed by atoms with Crippen LogP contribution in [0.5, 0.6) is 11.5 Å². The average Bonchev–Trinajstić information content (AvgIpc) is 3.29. The Balaban J connectivity index is 2.00. The summed E-state index contributed by atoms with van der Waals surface area (Å²) < 4.78 is 11.5. The molecule has 0 heterocycles. The molecule has 2 saturated carbocycles. The third-order valence-corrected chi connectivity index (χ3v) is 4.92. The highest BCUT2D eigenvalue weighted by molar-refractivity contribution is 6.31. The zero-order chi connectivity index (χ0) is 14.3. The van der Waals surface area contributed by atoms with E-state index in [1.165, 1.54) is 12.8 Å². The van der Waals surface area contributed by atoms with E-state index in [9.17, 15) is 0 Å². The van der Waals surface area contributed by atoms with Gasteiger partial charge in [0.25, 0.3) is 0 Å². The van der Waals surface area contributed by atoms with Crippen molar-refractivity contribution in [2.45, 2.75) is 44.1 Å². The van der Waals surface area contributed by atoms with Crippen LogP contribution in [0.15, 0.2) is 12.1 Å². The molecule has 0 spiro atoms. The average molecular weight is 296 g/mol. The Morgan fingerprint density at radius 2 is 2.10 bits per heavy atom. The van der Waals surface area contributed by atoms with Crippen LogP contribution in [0.4, 0.5) is 0 Å². The van der Waals surface area contributed by atoms with E-state index in [1.807, 2.05) is 19.1 Å². The van der Waals surface area contributed by atoms with Crippen LogP contribution < -0.4 is 15.2 Å². The lowest BCUT2D eigenvalue weighted by molar-refractivity contribution is 0.274. The molecular weight excluding hydrogens is 274 g/mol. The number of rotatable bonds is 6. The highest BCUT2D eigenvalue weighted by Crippen LogP contribution is 2.57. The van der Waals surface area contributed by atoms with Crippen molar-refractivity contribution in [2.75, 3.05) is 13.7 Å². The third kappa shape index (κ3) is 2.38. The number of benzene rings is 1. The van der Waals surface area contributed by atoms with Crippen LogP contribution in [0, 0.1) is 5.92 Å². The number of nitrogens with two attached hydrogens (primary N) is 1. The first-order chi connectivity index (χ1) is 9.58. The second-order valence-corrected chi connectivity index (χ2v) is 6.56. The highest BCUT2D eigenvalue weighted by Gasteiger charge is 2.51. The van der Waals surface area contributed by atoms with Gasteiger partial charge in [0.05, 0.1) is 13.7 Å². The van der Waals surface area contributed by atoms with Crippen molar-refractivity contribution < 1.29 is 9.47 Å². The van der Waals surface area contributed by atoms with Crippen molar-refractivity contribution in [2.24, 2.45) is 11.7 Å². The largest absolute Gasteiger partial charge is 0.493 e. The van der Waals surface area contributed by atoms with Crippen LogP contribution in [-0.4, -0.2) is 19.8 Å². The van der Waals surface area contributed by atoms with Gasteiger partial charge in [0.15, 0.2) is 11.5 Å². The van der Waals surface area contributed by atoms with Crippen LogP contribution in [0.1, 0.15) is 38.2 Å². The summed E-state index contributed by atoms with van der Waals surface area (Å²) in [7, 11) is 1.67. The van der Waals surface area contributed by atoms with E-state index < -0.39 is 0 Å². The maximum atomic E-state index is 6.47. The molecule has 0 saturated heterocycles. The predicted octanol–water partition coefficient (Wildman–Crippen LogP) is 3.52. The maximum absolute atomic E-state index is 6.47. The summed E-state index contributed by atoms with van der Waals surface area (Å²) in [5, 5.41) is 0.742. The van der Waals surface area contributed by atoms with E-state index in [-0.39, 0.29) is 11.5 Å². The minimum absolute atomic E-state index is 0.0372. The standard InChI is InChI=1S/C16H22ClNO2/c1-10(18)16(7-8-16)14-12(17)5-6-13(19-2)15(14)20-9-11-3-4-11/h5-6,10-11H,3-4,7-9,18H2,1-2H3. The fourth-order valence-corrected chi connectivity index (χ4v) is 3.20. The molecule has 2 fully saturated rings. The van der Waals surface area contributed by atoms with E-state index in [1.54, 1.807) is 7.11 Å². The van der Waals surface area contributed by atoms with Crippen LogP contribution in [-0.2, 0) is 5.41 Å². The number of halogens is 1. The van der Waals surface area contributed by atoms with Gasteiger partial charge >= 0.3 is 0 Å². The minimum Gasteiger partial charge on any atom is -0.493 e. The lowest BCUT2D eigenvalue weighted by Gasteiger charge is -2.25. The fraction of sp³-hybridized carbons (Fsp3) is 0.625. The molecular formula is C16H22ClNO2. The van der Waals surface area contributed by atoms with Gasteiger partial charge in [-0.1, -0.05) is 11.6 Å². The van der Waals surface area contributed by atoms with Crippen LogP contribution in [0.25, 0.3) is 0 Å². The smallest absolute Gasteiger partial charge is 0.166 e. The lowest BCUT2D eigenvalue weighted by atomic mass is 9.88. The number of ether oxygens (including phenoxy) is 2. The monoisotopic (exact) mass is 295 g/mol. The SMILES string of the molecule is COc1ccc(Cl)c(C2(C(C)N)CC2)c1OCC1CC1. The summed E-state index contributed by atoms with van der Waals surface area (Å²) in [6, 6.07) is 3.84. The Bertz CT molecular complexity index is 507.